The summed E-state index contributed by atoms with van der Waals surface area (Å²) in [7, 11) is 1.98. The summed E-state index contributed by atoms with van der Waals surface area (Å²) in [6, 6.07) is 3.95. The van der Waals surface area contributed by atoms with Crippen molar-refractivity contribution in [2.45, 2.75) is 20.4 Å². The summed E-state index contributed by atoms with van der Waals surface area (Å²) in [6.45, 7) is 4.62. The number of aromatic nitrogens is 2. The van der Waals surface area contributed by atoms with Gasteiger partial charge in [0.05, 0.1) is 6.54 Å². The predicted molar refractivity (Wildman–Crippen MR) is 60.2 cm³/mol. The molecular formula is C10H13N3OS. The molecule has 0 aromatic carbocycles. The van der Waals surface area contributed by atoms with Crippen LogP contribution in [0.15, 0.2) is 16.5 Å². The lowest BCUT2D eigenvalue weighted by atomic mass is 10.4. The zero-order valence-corrected chi connectivity index (χ0v) is 9.84. The van der Waals surface area contributed by atoms with Crippen molar-refractivity contribution in [3.8, 4) is 0 Å². The van der Waals surface area contributed by atoms with E-state index in [1.807, 2.05) is 37.9 Å². The van der Waals surface area contributed by atoms with Gasteiger partial charge in [-0.2, -0.15) is 0 Å². The van der Waals surface area contributed by atoms with E-state index in [2.05, 4.69) is 10.2 Å². The van der Waals surface area contributed by atoms with E-state index in [1.165, 1.54) is 0 Å². The van der Waals surface area contributed by atoms with Gasteiger partial charge in [-0.1, -0.05) is 11.3 Å². The van der Waals surface area contributed by atoms with Crippen LogP contribution in [0.5, 0.6) is 0 Å². The molecule has 2 aromatic heterocycles. The second-order valence-corrected chi connectivity index (χ2v) is 4.63. The summed E-state index contributed by atoms with van der Waals surface area (Å²) in [5, 5.41) is 9.95. The quantitative estimate of drug-likeness (QED) is 0.801. The summed E-state index contributed by atoms with van der Waals surface area (Å²) in [4.78, 5) is 2.03. The van der Waals surface area contributed by atoms with Gasteiger partial charge >= 0.3 is 0 Å². The summed E-state index contributed by atoms with van der Waals surface area (Å²) >= 11 is 1.58. The van der Waals surface area contributed by atoms with Crippen LogP contribution in [0.4, 0.5) is 5.13 Å². The number of hydrogen-bond donors (Lipinski definition) is 0. The molecule has 0 unspecified atom stereocenters. The first kappa shape index (κ1) is 10.2. The van der Waals surface area contributed by atoms with Crippen molar-refractivity contribution < 1.29 is 4.42 Å². The van der Waals surface area contributed by atoms with Crippen LogP contribution in [0.3, 0.4) is 0 Å². The van der Waals surface area contributed by atoms with Crippen LogP contribution in [-0.4, -0.2) is 17.2 Å². The third kappa shape index (κ3) is 2.36. The van der Waals surface area contributed by atoms with Crippen molar-refractivity contribution in [2.75, 3.05) is 11.9 Å². The van der Waals surface area contributed by atoms with E-state index in [-0.39, 0.29) is 0 Å². The standard InChI is InChI=1S/C10H13N3OS/c1-7-4-5-9(14-7)6-13(3)10-12-11-8(2)15-10/h4-5H,6H2,1-3H3. The molecule has 0 saturated heterocycles. The molecule has 2 aromatic rings. The second kappa shape index (κ2) is 4.02. The van der Waals surface area contributed by atoms with Gasteiger partial charge in [0, 0.05) is 7.05 Å². The molecule has 2 rings (SSSR count). The van der Waals surface area contributed by atoms with Gasteiger partial charge in [0.25, 0.3) is 0 Å². The van der Waals surface area contributed by atoms with Gasteiger partial charge in [-0.3, -0.25) is 0 Å². The molecule has 0 fully saturated rings. The highest BCUT2D eigenvalue weighted by Crippen LogP contribution is 2.20. The Balaban J connectivity index is 2.06. The van der Waals surface area contributed by atoms with Crippen LogP contribution in [0.2, 0.25) is 0 Å². The maximum absolute atomic E-state index is 5.50. The fourth-order valence-electron chi connectivity index (χ4n) is 1.31. The molecule has 2 heterocycles. The van der Waals surface area contributed by atoms with E-state index in [4.69, 9.17) is 4.42 Å². The molecule has 5 heteroatoms. The fourth-order valence-corrected chi connectivity index (χ4v) is 1.96. The number of furan rings is 1. The van der Waals surface area contributed by atoms with Crippen molar-refractivity contribution in [1.29, 1.82) is 0 Å². The fraction of sp³-hybridized carbons (Fsp3) is 0.400. The molecule has 0 aliphatic rings. The van der Waals surface area contributed by atoms with Crippen LogP contribution < -0.4 is 4.90 Å². The summed E-state index contributed by atoms with van der Waals surface area (Å²) in [6.07, 6.45) is 0. The predicted octanol–water partition coefficient (Wildman–Crippen LogP) is 2.38. The van der Waals surface area contributed by atoms with Gasteiger partial charge < -0.3 is 9.32 Å². The molecule has 4 nitrogen and oxygen atoms in total. The van der Waals surface area contributed by atoms with E-state index >= 15 is 0 Å². The zero-order chi connectivity index (χ0) is 10.8. The van der Waals surface area contributed by atoms with Gasteiger partial charge in [0.15, 0.2) is 0 Å². The average Bonchev–Trinajstić information content (AvgIpc) is 2.75. The minimum atomic E-state index is 0.725. The van der Waals surface area contributed by atoms with Crippen molar-refractivity contribution in [2.24, 2.45) is 0 Å². The Labute approximate surface area is 92.6 Å². The zero-order valence-electron chi connectivity index (χ0n) is 9.02. The highest BCUT2D eigenvalue weighted by atomic mass is 32.1. The Morgan fingerprint density at radius 3 is 2.67 bits per heavy atom. The van der Waals surface area contributed by atoms with Gasteiger partial charge in [-0.25, -0.2) is 0 Å². The topological polar surface area (TPSA) is 42.2 Å². The highest BCUT2D eigenvalue weighted by molar-refractivity contribution is 7.15. The lowest BCUT2D eigenvalue weighted by molar-refractivity contribution is 0.481. The van der Waals surface area contributed by atoms with E-state index in [1.54, 1.807) is 11.3 Å². The number of nitrogens with zero attached hydrogens (tertiary/aromatic N) is 3. The molecule has 0 spiro atoms. The molecule has 0 bridgehead atoms. The van der Waals surface area contributed by atoms with E-state index in [0.29, 0.717) is 0 Å². The van der Waals surface area contributed by atoms with Crippen molar-refractivity contribution in [3.63, 3.8) is 0 Å². The number of hydrogen-bond acceptors (Lipinski definition) is 5. The lowest BCUT2D eigenvalue weighted by Gasteiger charge is -2.12. The van der Waals surface area contributed by atoms with Crippen LogP contribution in [0, 0.1) is 13.8 Å². The molecule has 0 atom stereocenters. The molecule has 0 saturated carbocycles. The van der Waals surface area contributed by atoms with Gasteiger partial charge in [-0.15, -0.1) is 10.2 Å². The number of anilines is 1. The summed E-state index contributed by atoms with van der Waals surface area (Å²) in [5.41, 5.74) is 0. The minimum absolute atomic E-state index is 0.725. The monoisotopic (exact) mass is 223 g/mol. The SMILES string of the molecule is Cc1ccc(CN(C)c2nnc(C)s2)o1. The molecule has 15 heavy (non-hydrogen) atoms. The molecule has 0 aliphatic carbocycles. The number of rotatable bonds is 3. The summed E-state index contributed by atoms with van der Waals surface area (Å²) in [5.74, 6) is 1.88. The van der Waals surface area contributed by atoms with Crippen LogP contribution in [0.1, 0.15) is 16.5 Å². The second-order valence-electron chi connectivity index (χ2n) is 3.47. The third-order valence-electron chi connectivity index (χ3n) is 2.03. The summed E-state index contributed by atoms with van der Waals surface area (Å²) < 4.78 is 5.50. The van der Waals surface area contributed by atoms with Gasteiger partial charge in [0.2, 0.25) is 5.13 Å². The minimum Gasteiger partial charge on any atom is -0.464 e. The van der Waals surface area contributed by atoms with Crippen molar-refractivity contribution >= 4 is 16.5 Å². The van der Waals surface area contributed by atoms with Crippen molar-refractivity contribution in [3.05, 3.63) is 28.7 Å². The Morgan fingerprint density at radius 2 is 2.13 bits per heavy atom. The third-order valence-corrected chi connectivity index (χ3v) is 2.98. The van der Waals surface area contributed by atoms with Gasteiger partial charge in [0.1, 0.15) is 16.5 Å². The van der Waals surface area contributed by atoms with E-state index < -0.39 is 0 Å². The van der Waals surface area contributed by atoms with E-state index in [0.717, 1.165) is 28.2 Å². The van der Waals surface area contributed by atoms with Crippen LogP contribution in [0.25, 0.3) is 0 Å². The molecule has 0 aliphatic heterocycles. The maximum Gasteiger partial charge on any atom is 0.208 e. The first-order valence-corrected chi connectivity index (χ1v) is 5.53. The Hall–Kier alpha value is -1.36. The van der Waals surface area contributed by atoms with Crippen LogP contribution >= 0.6 is 11.3 Å². The first-order chi connectivity index (χ1) is 7.15. The molecule has 0 N–H and O–H groups in total. The Morgan fingerprint density at radius 1 is 1.33 bits per heavy atom. The molecule has 0 amide bonds. The van der Waals surface area contributed by atoms with E-state index in [9.17, 15) is 0 Å². The normalized spacial score (nSPS) is 10.6. The molecular weight excluding hydrogens is 210 g/mol. The molecule has 0 radical (unpaired) electrons. The Bertz CT molecular complexity index is 449. The highest BCUT2D eigenvalue weighted by Gasteiger charge is 2.08. The maximum atomic E-state index is 5.50. The van der Waals surface area contributed by atoms with Crippen LogP contribution in [-0.2, 0) is 6.54 Å². The molecule has 80 valence electrons. The van der Waals surface area contributed by atoms with Gasteiger partial charge in [-0.05, 0) is 26.0 Å². The number of aryl methyl sites for hydroxylation is 2. The smallest absolute Gasteiger partial charge is 0.208 e. The largest absolute Gasteiger partial charge is 0.464 e. The lowest BCUT2D eigenvalue weighted by Crippen LogP contribution is -2.15. The average molecular weight is 223 g/mol. The Kier molecular flexibility index (Phi) is 2.73. The first-order valence-electron chi connectivity index (χ1n) is 4.71. The van der Waals surface area contributed by atoms with Crippen molar-refractivity contribution in [1.82, 2.24) is 10.2 Å².